The summed E-state index contributed by atoms with van der Waals surface area (Å²) >= 11 is 9.92. The van der Waals surface area contributed by atoms with Crippen molar-refractivity contribution >= 4 is 56.2 Å². The number of likely N-dealkylation sites (N-methyl/N-ethyl adjacent to an activating group) is 1. The second-order valence-corrected chi connectivity index (χ2v) is 8.39. The Labute approximate surface area is 181 Å². The second-order valence-electron chi connectivity index (χ2n) is 5.80. The maximum atomic E-state index is 12.2. The average Bonchev–Trinajstić information content (AvgIpc) is 2.94. The number of thioether (sulfide) groups is 1. The molecule has 0 radical (unpaired) electrons. The summed E-state index contributed by atoms with van der Waals surface area (Å²) in [6, 6.07) is 13.0. The highest BCUT2D eigenvalue weighted by Crippen LogP contribution is 2.34. The standard InChI is InChI=1S/C20H18BrNO4S2/c1-22-19(23)18(28-20(22)27)12-13-11-14(21)3-8-17(13)26-10-9-25-16-6-4-15(24-2)5-7-16/h3-8,11-12H,9-10H2,1-2H3/b18-12-. The summed E-state index contributed by atoms with van der Waals surface area (Å²) in [4.78, 5) is 14.3. The summed E-state index contributed by atoms with van der Waals surface area (Å²) in [5.41, 5.74) is 0.799. The first-order chi connectivity index (χ1) is 13.5. The van der Waals surface area contributed by atoms with Crippen LogP contribution in [0.25, 0.3) is 6.08 Å². The Hall–Kier alpha value is -2.03. The maximum absolute atomic E-state index is 12.2. The summed E-state index contributed by atoms with van der Waals surface area (Å²) in [6.45, 7) is 0.752. The van der Waals surface area contributed by atoms with E-state index in [2.05, 4.69) is 15.9 Å². The van der Waals surface area contributed by atoms with Gasteiger partial charge in [0, 0.05) is 17.1 Å². The van der Waals surface area contributed by atoms with E-state index in [-0.39, 0.29) is 5.91 Å². The van der Waals surface area contributed by atoms with E-state index in [0.29, 0.717) is 28.2 Å². The van der Waals surface area contributed by atoms with E-state index in [9.17, 15) is 4.79 Å². The molecule has 1 saturated heterocycles. The normalized spacial score (nSPS) is 15.2. The monoisotopic (exact) mass is 479 g/mol. The van der Waals surface area contributed by atoms with Gasteiger partial charge in [0.25, 0.3) is 5.91 Å². The van der Waals surface area contributed by atoms with Gasteiger partial charge in [-0.05, 0) is 48.5 Å². The third-order valence-electron chi connectivity index (χ3n) is 3.91. The van der Waals surface area contributed by atoms with E-state index in [0.717, 1.165) is 21.5 Å². The van der Waals surface area contributed by atoms with E-state index < -0.39 is 0 Å². The van der Waals surface area contributed by atoms with E-state index in [1.165, 1.54) is 16.7 Å². The lowest BCUT2D eigenvalue weighted by Crippen LogP contribution is -2.22. The largest absolute Gasteiger partial charge is 0.497 e. The number of benzene rings is 2. The van der Waals surface area contributed by atoms with E-state index >= 15 is 0 Å². The lowest BCUT2D eigenvalue weighted by atomic mass is 10.2. The summed E-state index contributed by atoms with van der Waals surface area (Å²) in [6.07, 6.45) is 1.80. The van der Waals surface area contributed by atoms with Gasteiger partial charge in [-0.2, -0.15) is 0 Å². The zero-order valence-corrected chi connectivity index (χ0v) is 18.5. The molecule has 1 aliphatic rings. The van der Waals surface area contributed by atoms with Gasteiger partial charge in [-0.15, -0.1) is 0 Å². The molecule has 1 fully saturated rings. The first kappa shape index (κ1) is 20.7. The highest BCUT2D eigenvalue weighted by Gasteiger charge is 2.28. The average molecular weight is 480 g/mol. The smallest absolute Gasteiger partial charge is 0.265 e. The molecule has 28 heavy (non-hydrogen) atoms. The molecule has 8 heteroatoms. The number of ether oxygens (including phenoxy) is 3. The van der Waals surface area contributed by atoms with Crippen molar-refractivity contribution in [2.75, 3.05) is 27.4 Å². The number of carbonyl (C=O) groups excluding carboxylic acids is 1. The molecule has 0 N–H and O–H groups in total. The van der Waals surface area contributed by atoms with Gasteiger partial charge in [-0.25, -0.2) is 0 Å². The van der Waals surface area contributed by atoms with Crippen LogP contribution in [0.1, 0.15) is 5.56 Å². The number of methoxy groups -OCH3 is 1. The molecule has 1 aliphatic heterocycles. The molecule has 5 nitrogen and oxygen atoms in total. The second kappa shape index (κ2) is 9.45. The quantitative estimate of drug-likeness (QED) is 0.324. The Morgan fingerprint density at radius 2 is 1.79 bits per heavy atom. The van der Waals surface area contributed by atoms with Crippen LogP contribution in [0.5, 0.6) is 17.2 Å². The Morgan fingerprint density at radius 3 is 2.43 bits per heavy atom. The van der Waals surface area contributed by atoms with Gasteiger partial charge >= 0.3 is 0 Å². The zero-order valence-electron chi connectivity index (χ0n) is 15.3. The minimum atomic E-state index is -0.108. The van der Waals surface area contributed by atoms with Crippen LogP contribution in [0.15, 0.2) is 51.8 Å². The van der Waals surface area contributed by atoms with Crippen molar-refractivity contribution in [3.05, 3.63) is 57.4 Å². The van der Waals surface area contributed by atoms with Crippen LogP contribution in [0.2, 0.25) is 0 Å². The molecule has 146 valence electrons. The molecule has 2 aromatic carbocycles. The summed E-state index contributed by atoms with van der Waals surface area (Å²) < 4.78 is 18.1. The Bertz CT molecular complexity index is 915. The third kappa shape index (κ3) is 5.06. The molecule has 2 aromatic rings. The first-order valence-electron chi connectivity index (χ1n) is 8.38. The molecule has 0 unspecified atom stereocenters. The van der Waals surface area contributed by atoms with Crippen molar-refractivity contribution < 1.29 is 19.0 Å². The molecule has 1 heterocycles. The molecule has 0 bridgehead atoms. The van der Waals surface area contributed by atoms with Crippen molar-refractivity contribution in [2.45, 2.75) is 0 Å². The van der Waals surface area contributed by atoms with E-state index in [1.807, 2.05) is 42.5 Å². The SMILES string of the molecule is COc1ccc(OCCOc2ccc(Br)cc2/C=C2\SC(=S)N(C)C2=O)cc1. The molecular weight excluding hydrogens is 462 g/mol. The summed E-state index contributed by atoms with van der Waals surface area (Å²) in [5, 5.41) is 0. The van der Waals surface area contributed by atoms with Crippen molar-refractivity contribution in [1.82, 2.24) is 4.90 Å². The lowest BCUT2D eigenvalue weighted by molar-refractivity contribution is -0.121. The van der Waals surface area contributed by atoms with Gasteiger partial charge in [-0.1, -0.05) is 39.9 Å². The van der Waals surface area contributed by atoms with Crippen LogP contribution in [0, 0.1) is 0 Å². The van der Waals surface area contributed by atoms with Crippen molar-refractivity contribution in [3.8, 4) is 17.2 Å². The predicted molar refractivity (Wildman–Crippen MR) is 119 cm³/mol. The van der Waals surface area contributed by atoms with E-state index in [1.54, 1.807) is 20.2 Å². The maximum Gasteiger partial charge on any atom is 0.265 e. The number of nitrogens with zero attached hydrogens (tertiary/aromatic N) is 1. The fourth-order valence-corrected chi connectivity index (χ4v) is 3.98. The summed E-state index contributed by atoms with van der Waals surface area (Å²) in [5.74, 6) is 2.08. The predicted octanol–water partition coefficient (Wildman–Crippen LogP) is 4.75. The third-order valence-corrected chi connectivity index (χ3v) is 5.89. The first-order valence-corrected chi connectivity index (χ1v) is 10.4. The number of hydrogen-bond acceptors (Lipinski definition) is 6. The molecular formula is C20H18BrNO4S2. The van der Waals surface area contributed by atoms with Crippen molar-refractivity contribution in [2.24, 2.45) is 0 Å². The lowest BCUT2D eigenvalue weighted by Gasteiger charge is -2.11. The van der Waals surface area contributed by atoms with E-state index in [4.69, 9.17) is 26.4 Å². The number of hydrogen-bond donors (Lipinski definition) is 0. The fourth-order valence-electron chi connectivity index (χ4n) is 2.43. The van der Waals surface area contributed by atoms with Crippen LogP contribution in [-0.2, 0) is 4.79 Å². The topological polar surface area (TPSA) is 48.0 Å². The molecule has 0 atom stereocenters. The number of amides is 1. The van der Waals surface area contributed by atoms with Gasteiger partial charge in [0.2, 0.25) is 0 Å². The number of halogens is 1. The fraction of sp³-hybridized carbons (Fsp3) is 0.200. The Kier molecular flexibility index (Phi) is 6.98. The summed E-state index contributed by atoms with van der Waals surface area (Å²) in [7, 11) is 3.30. The molecule has 0 saturated carbocycles. The minimum absolute atomic E-state index is 0.108. The van der Waals surface area contributed by atoms with Crippen LogP contribution < -0.4 is 14.2 Å². The van der Waals surface area contributed by atoms with Gasteiger partial charge < -0.3 is 14.2 Å². The van der Waals surface area contributed by atoms with Crippen LogP contribution in [0.3, 0.4) is 0 Å². The van der Waals surface area contributed by atoms with Gasteiger partial charge in [-0.3, -0.25) is 9.69 Å². The number of rotatable bonds is 7. The van der Waals surface area contributed by atoms with Crippen LogP contribution >= 0.6 is 39.9 Å². The Balaban J connectivity index is 1.64. The van der Waals surface area contributed by atoms with Gasteiger partial charge in [0.1, 0.15) is 34.8 Å². The molecule has 0 aromatic heterocycles. The van der Waals surface area contributed by atoms with Crippen LogP contribution in [-0.4, -0.2) is 42.5 Å². The minimum Gasteiger partial charge on any atom is -0.497 e. The van der Waals surface area contributed by atoms with Gasteiger partial charge in [0.15, 0.2) is 0 Å². The highest BCUT2D eigenvalue weighted by molar-refractivity contribution is 9.10. The van der Waals surface area contributed by atoms with Crippen LogP contribution in [0.4, 0.5) is 0 Å². The number of carbonyl (C=O) groups is 1. The van der Waals surface area contributed by atoms with Crippen molar-refractivity contribution in [3.63, 3.8) is 0 Å². The molecule has 3 rings (SSSR count). The molecule has 1 amide bonds. The van der Waals surface area contributed by atoms with Crippen molar-refractivity contribution in [1.29, 1.82) is 0 Å². The molecule has 0 spiro atoms. The Morgan fingerprint density at radius 1 is 1.11 bits per heavy atom. The number of thiocarbonyl (C=S) groups is 1. The molecule has 0 aliphatic carbocycles. The van der Waals surface area contributed by atoms with Gasteiger partial charge in [0.05, 0.1) is 12.0 Å². The highest BCUT2D eigenvalue weighted by atomic mass is 79.9. The zero-order chi connectivity index (χ0) is 20.1.